The van der Waals surface area contributed by atoms with Crippen LogP contribution in [0.1, 0.15) is 19.8 Å². The first-order chi connectivity index (χ1) is 8.22. The summed E-state index contributed by atoms with van der Waals surface area (Å²) >= 11 is 5.85. The maximum absolute atomic E-state index is 12.1. The van der Waals surface area contributed by atoms with Gasteiger partial charge >= 0.3 is 0 Å². The molecule has 2 heterocycles. The lowest BCUT2D eigenvalue weighted by molar-refractivity contribution is 0.467. The molecule has 92 valence electrons. The van der Waals surface area contributed by atoms with Gasteiger partial charge in [-0.1, -0.05) is 6.92 Å². The fourth-order valence-electron chi connectivity index (χ4n) is 1.91. The summed E-state index contributed by atoms with van der Waals surface area (Å²) in [4.78, 5) is 12.1. The van der Waals surface area contributed by atoms with Gasteiger partial charge in [0, 0.05) is 17.4 Å². The van der Waals surface area contributed by atoms with E-state index >= 15 is 0 Å². The summed E-state index contributed by atoms with van der Waals surface area (Å²) in [7, 11) is 0. The molecule has 0 bridgehead atoms. The van der Waals surface area contributed by atoms with Crippen molar-refractivity contribution in [2.45, 2.75) is 26.3 Å². The molecule has 2 aromatic heterocycles. The predicted octanol–water partition coefficient (Wildman–Crippen LogP) is 3.41. The van der Waals surface area contributed by atoms with Crippen LogP contribution in [0.5, 0.6) is 0 Å². The van der Waals surface area contributed by atoms with Gasteiger partial charge in [0.2, 0.25) is 0 Å². The number of rotatable bonds is 5. The van der Waals surface area contributed by atoms with Crippen LogP contribution in [-0.2, 0) is 6.54 Å². The summed E-state index contributed by atoms with van der Waals surface area (Å²) in [5, 5.41) is 2.82. The molecule has 0 saturated heterocycles. The number of aryl methyl sites for hydroxylation is 1. The highest BCUT2D eigenvalue weighted by Gasteiger charge is 2.05. The molecule has 0 aliphatic rings. The first-order valence-corrected chi connectivity index (χ1v) is 7.41. The zero-order valence-electron chi connectivity index (χ0n) is 9.93. The van der Waals surface area contributed by atoms with Crippen molar-refractivity contribution in [3.63, 3.8) is 0 Å². The van der Waals surface area contributed by atoms with E-state index in [0.717, 1.165) is 35.2 Å². The first-order valence-electron chi connectivity index (χ1n) is 5.90. The van der Waals surface area contributed by atoms with Gasteiger partial charge in [0.15, 0.2) is 0 Å². The molecule has 2 rings (SSSR count). The number of aromatic nitrogens is 1. The van der Waals surface area contributed by atoms with Crippen LogP contribution in [0.4, 0.5) is 0 Å². The molecule has 0 aromatic carbocycles. The van der Waals surface area contributed by atoms with Crippen molar-refractivity contribution in [1.29, 1.82) is 0 Å². The minimum absolute atomic E-state index is 0.141. The Labute approximate surface area is 111 Å². The minimum atomic E-state index is 0.141. The second-order valence-electron chi connectivity index (χ2n) is 4.42. The molecule has 0 amide bonds. The molecular formula is C13H17NOS2. The molecule has 0 aliphatic carbocycles. The molecule has 0 aliphatic heterocycles. The van der Waals surface area contributed by atoms with Crippen molar-refractivity contribution in [2.24, 2.45) is 5.92 Å². The standard InChI is InChI=1S/C13H17NOS2/c1-10(4-8-16)2-6-14-7-3-12-11(13(14)15)5-9-17-12/h3,5,7,9-10,16H,2,4,6,8H2,1H3. The van der Waals surface area contributed by atoms with Crippen LogP contribution in [-0.4, -0.2) is 10.3 Å². The van der Waals surface area contributed by atoms with Crippen molar-refractivity contribution in [3.05, 3.63) is 34.1 Å². The van der Waals surface area contributed by atoms with Crippen LogP contribution in [0, 0.1) is 5.92 Å². The second kappa shape index (κ2) is 5.74. The molecule has 0 radical (unpaired) electrons. The Kier molecular flexibility index (Phi) is 4.29. The van der Waals surface area contributed by atoms with E-state index in [1.807, 2.05) is 28.3 Å². The molecule has 0 spiro atoms. The van der Waals surface area contributed by atoms with Crippen LogP contribution >= 0.6 is 24.0 Å². The Morgan fingerprint density at radius 1 is 1.41 bits per heavy atom. The second-order valence-corrected chi connectivity index (χ2v) is 5.81. The van der Waals surface area contributed by atoms with Crippen molar-refractivity contribution >= 4 is 34.1 Å². The molecule has 1 unspecified atom stereocenters. The number of thiol groups is 1. The quantitative estimate of drug-likeness (QED) is 0.824. The number of pyridine rings is 1. The molecule has 17 heavy (non-hydrogen) atoms. The summed E-state index contributed by atoms with van der Waals surface area (Å²) in [6.07, 6.45) is 4.06. The van der Waals surface area contributed by atoms with Gasteiger partial charge in [-0.05, 0) is 42.0 Å². The van der Waals surface area contributed by atoms with Crippen LogP contribution in [0.25, 0.3) is 10.1 Å². The molecule has 1 atom stereocenters. The first kappa shape index (κ1) is 12.7. The Hall–Kier alpha value is -0.740. The van der Waals surface area contributed by atoms with Crippen LogP contribution < -0.4 is 5.56 Å². The topological polar surface area (TPSA) is 22.0 Å². The highest BCUT2D eigenvalue weighted by Crippen LogP contribution is 2.17. The van der Waals surface area contributed by atoms with Gasteiger partial charge < -0.3 is 4.57 Å². The molecule has 2 nitrogen and oxygen atoms in total. The van der Waals surface area contributed by atoms with Crippen LogP contribution in [0.15, 0.2) is 28.5 Å². The van der Waals surface area contributed by atoms with E-state index in [9.17, 15) is 4.79 Å². The summed E-state index contributed by atoms with van der Waals surface area (Å²) in [5.74, 6) is 1.54. The molecule has 0 N–H and O–H groups in total. The molecule has 0 fully saturated rings. The van der Waals surface area contributed by atoms with Crippen molar-refractivity contribution in [1.82, 2.24) is 4.57 Å². The van der Waals surface area contributed by atoms with Gasteiger partial charge in [-0.3, -0.25) is 4.79 Å². The Balaban J connectivity index is 2.13. The van der Waals surface area contributed by atoms with Gasteiger partial charge in [0.25, 0.3) is 5.56 Å². The Morgan fingerprint density at radius 3 is 3.00 bits per heavy atom. The lowest BCUT2D eigenvalue weighted by atomic mass is 10.1. The van der Waals surface area contributed by atoms with E-state index in [1.54, 1.807) is 11.3 Å². The number of hydrogen-bond donors (Lipinski definition) is 1. The highest BCUT2D eigenvalue weighted by atomic mass is 32.1. The third kappa shape index (κ3) is 2.93. The van der Waals surface area contributed by atoms with Gasteiger partial charge in [-0.25, -0.2) is 0 Å². The van der Waals surface area contributed by atoms with Gasteiger partial charge in [-0.2, -0.15) is 12.6 Å². The minimum Gasteiger partial charge on any atom is -0.315 e. The molecule has 0 saturated carbocycles. The van der Waals surface area contributed by atoms with Crippen LogP contribution in [0.2, 0.25) is 0 Å². The average Bonchev–Trinajstić information content (AvgIpc) is 2.77. The van der Waals surface area contributed by atoms with Crippen molar-refractivity contribution in [3.8, 4) is 0 Å². The average molecular weight is 267 g/mol. The zero-order valence-corrected chi connectivity index (χ0v) is 11.6. The maximum Gasteiger partial charge on any atom is 0.259 e. The van der Waals surface area contributed by atoms with E-state index < -0.39 is 0 Å². The Bertz CT molecular complexity index is 544. The number of fused-ring (bicyclic) bond motifs is 1. The van der Waals surface area contributed by atoms with E-state index in [2.05, 4.69) is 19.6 Å². The number of hydrogen-bond acceptors (Lipinski definition) is 3. The van der Waals surface area contributed by atoms with Crippen molar-refractivity contribution < 1.29 is 0 Å². The SMILES string of the molecule is CC(CCS)CCn1ccc2sccc2c1=O. The van der Waals surface area contributed by atoms with E-state index in [0.29, 0.717) is 5.92 Å². The normalized spacial score (nSPS) is 13.1. The van der Waals surface area contributed by atoms with Crippen LogP contribution in [0.3, 0.4) is 0 Å². The third-order valence-corrected chi connectivity index (χ3v) is 4.22. The van der Waals surface area contributed by atoms with Gasteiger partial charge in [-0.15, -0.1) is 11.3 Å². The number of nitrogens with zero attached hydrogens (tertiary/aromatic N) is 1. The van der Waals surface area contributed by atoms with Gasteiger partial charge in [0.1, 0.15) is 0 Å². The largest absolute Gasteiger partial charge is 0.315 e. The van der Waals surface area contributed by atoms with E-state index in [4.69, 9.17) is 0 Å². The summed E-state index contributed by atoms with van der Waals surface area (Å²) < 4.78 is 2.90. The monoisotopic (exact) mass is 267 g/mol. The summed E-state index contributed by atoms with van der Waals surface area (Å²) in [5.41, 5.74) is 0.141. The molecule has 4 heteroatoms. The van der Waals surface area contributed by atoms with Crippen molar-refractivity contribution in [2.75, 3.05) is 5.75 Å². The Morgan fingerprint density at radius 2 is 2.24 bits per heavy atom. The predicted molar refractivity (Wildman–Crippen MR) is 78.3 cm³/mol. The fourth-order valence-corrected chi connectivity index (χ4v) is 3.12. The maximum atomic E-state index is 12.1. The third-order valence-electron chi connectivity index (χ3n) is 3.08. The molecule has 2 aromatic rings. The fraction of sp³-hybridized carbons (Fsp3) is 0.462. The lowest BCUT2D eigenvalue weighted by Crippen LogP contribution is -2.20. The smallest absolute Gasteiger partial charge is 0.259 e. The summed E-state index contributed by atoms with van der Waals surface area (Å²) in [6, 6.07) is 3.95. The number of thiophene rings is 1. The van der Waals surface area contributed by atoms with E-state index in [-0.39, 0.29) is 5.56 Å². The zero-order chi connectivity index (χ0) is 12.3. The summed E-state index contributed by atoms with van der Waals surface area (Å²) in [6.45, 7) is 3.02. The van der Waals surface area contributed by atoms with Gasteiger partial charge in [0.05, 0.1) is 5.39 Å². The molecular weight excluding hydrogens is 250 g/mol. The lowest BCUT2D eigenvalue weighted by Gasteiger charge is -2.11. The van der Waals surface area contributed by atoms with E-state index in [1.165, 1.54) is 0 Å². The highest BCUT2D eigenvalue weighted by molar-refractivity contribution is 7.80.